The van der Waals surface area contributed by atoms with Gasteiger partial charge in [-0.3, -0.25) is 9.36 Å². The van der Waals surface area contributed by atoms with Gasteiger partial charge in [0.05, 0.1) is 18.8 Å². The molecule has 0 radical (unpaired) electrons. The van der Waals surface area contributed by atoms with Crippen LogP contribution in [0.3, 0.4) is 0 Å². The minimum Gasteiger partial charge on any atom is -0.493 e. The number of methoxy groups -OCH3 is 2. The Morgan fingerprint density at radius 2 is 1.76 bits per heavy atom. The number of nitrogens with zero attached hydrogens (tertiary/aromatic N) is 3. The molecule has 1 aliphatic rings. The number of hydrogen-bond donors (Lipinski definition) is 0. The summed E-state index contributed by atoms with van der Waals surface area (Å²) in [5, 5.41) is 0. The Labute approximate surface area is 173 Å². The Bertz CT molecular complexity index is 1220. The second kappa shape index (κ2) is 7.75. The second-order valence-electron chi connectivity index (χ2n) is 7.07. The molecule has 0 bridgehead atoms. The van der Waals surface area contributed by atoms with E-state index >= 15 is 0 Å². The molecule has 4 rings (SSSR count). The highest BCUT2D eigenvalue weighted by Crippen LogP contribution is 2.27. The van der Waals surface area contributed by atoms with Crippen molar-refractivity contribution in [2.45, 2.75) is 20.5 Å². The molecule has 2 aromatic carbocycles. The quantitative estimate of drug-likeness (QED) is 0.664. The first-order valence-corrected chi connectivity index (χ1v) is 10.1. The van der Waals surface area contributed by atoms with E-state index in [1.807, 2.05) is 24.3 Å². The molecule has 0 amide bonds. The lowest BCUT2D eigenvalue weighted by Crippen LogP contribution is -2.42. The normalized spacial score (nSPS) is 13.8. The minimum atomic E-state index is -0.0300. The van der Waals surface area contributed by atoms with E-state index in [-0.39, 0.29) is 5.56 Å². The number of thiazole rings is 1. The Morgan fingerprint density at radius 3 is 2.45 bits per heavy atom. The molecule has 0 saturated carbocycles. The molecule has 1 aliphatic heterocycles. The SMILES string of the molecule is COc1ccc(C=c2sc3n(c2=O)CN(c2cc(C)cc(C)c2)CN=3)cc1OC. The zero-order valence-electron chi connectivity index (χ0n) is 16.9. The van der Waals surface area contributed by atoms with Gasteiger partial charge in [0.25, 0.3) is 5.56 Å². The molecule has 6 nitrogen and oxygen atoms in total. The monoisotopic (exact) mass is 409 g/mol. The molecular weight excluding hydrogens is 386 g/mol. The van der Waals surface area contributed by atoms with E-state index in [2.05, 4.69) is 41.9 Å². The highest BCUT2D eigenvalue weighted by atomic mass is 32.1. The first-order chi connectivity index (χ1) is 14.0. The van der Waals surface area contributed by atoms with Crippen LogP contribution in [-0.4, -0.2) is 25.5 Å². The van der Waals surface area contributed by atoms with Crippen LogP contribution in [0.1, 0.15) is 16.7 Å². The fourth-order valence-electron chi connectivity index (χ4n) is 3.50. The predicted octanol–water partition coefficient (Wildman–Crippen LogP) is 2.43. The Morgan fingerprint density at radius 1 is 1.03 bits per heavy atom. The number of aryl methyl sites for hydroxylation is 2. The van der Waals surface area contributed by atoms with Gasteiger partial charge in [0.15, 0.2) is 16.3 Å². The lowest BCUT2D eigenvalue weighted by molar-refractivity contribution is 0.355. The molecular formula is C22H23N3O3S. The summed E-state index contributed by atoms with van der Waals surface area (Å²) in [5.41, 5.74) is 4.33. The average molecular weight is 410 g/mol. The summed E-state index contributed by atoms with van der Waals surface area (Å²) in [6, 6.07) is 12.0. The smallest absolute Gasteiger partial charge is 0.271 e. The van der Waals surface area contributed by atoms with Crippen LogP contribution in [0.4, 0.5) is 5.69 Å². The largest absolute Gasteiger partial charge is 0.493 e. The van der Waals surface area contributed by atoms with Gasteiger partial charge in [0, 0.05) is 5.69 Å². The third-order valence-corrected chi connectivity index (χ3v) is 5.90. The van der Waals surface area contributed by atoms with Crippen LogP contribution in [0.2, 0.25) is 0 Å². The zero-order valence-corrected chi connectivity index (χ0v) is 17.7. The first kappa shape index (κ1) is 19.3. The summed E-state index contributed by atoms with van der Waals surface area (Å²) in [6.07, 6.45) is 1.87. The molecule has 150 valence electrons. The van der Waals surface area contributed by atoms with Crippen LogP contribution in [-0.2, 0) is 6.67 Å². The van der Waals surface area contributed by atoms with Crippen LogP contribution in [0.5, 0.6) is 11.5 Å². The topological polar surface area (TPSA) is 56.1 Å². The highest BCUT2D eigenvalue weighted by molar-refractivity contribution is 7.07. The van der Waals surface area contributed by atoms with Gasteiger partial charge in [-0.15, -0.1) is 0 Å². The molecule has 0 fully saturated rings. The fraction of sp³-hybridized carbons (Fsp3) is 0.273. The third-order valence-electron chi connectivity index (χ3n) is 4.85. The van der Waals surface area contributed by atoms with Gasteiger partial charge in [-0.25, -0.2) is 4.99 Å². The van der Waals surface area contributed by atoms with Gasteiger partial charge in [0.1, 0.15) is 13.3 Å². The Kier molecular flexibility index (Phi) is 5.15. The van der Waals surface area contributed by atoms with Crippen molar-refractivity contribution in [3.05, 3.63) is 72.8 Å². The number of hydrogen-bond acceptors (Lipinski definition) is 6. The standard InChI is InChI=1S/C22H23N3O3S/c1-14-7-15(2)9-17(8-14)24-12-23-22-25(13-24)21(26)20(29-22)11-16-5-6-18(27-3)19(10-16)28-4/h5-11H,12-13H2,1-4H3. The number of rotatable bonds is 4. The van der Waals surface area contributed by atoms with Gasteiger partial charge >= 0.3 is 0 Å². The maximum atomic E-state index is 13.0. The summed E-state index contributed by atoms with van der Waals surface area (Å²) in [4.78, 5) is 20.5. The minimum absolute atomic E-state index is 0.0300. The van der Waals surface area contributed by atoms with Gasteiger partial charge in [0.2, 0.25) is 0 Å². The Hall–Kier alpha value is -3.06. The number of anilines is 1. The molecule has 1 aromatic heterocycles. The van der Waals surface area contributed by atoms with E-state index in [9.17, 15) is 4.79 Å². The van der Waals surface area contributed by atoms with Crippen LogP contribution in [0.15, 0.2) is 46.2 Å². The van der Waals surface area contributed by atoms with Crippen LogP contribution >= 0.6 is 11.3 Å². The van der Waals surface area contributed by atoms with Crippen molar-refractivity contribution in [3.8, 4) is 11.5 Å². The summed E-state index contributed by atoms with van der Waals surface area (Å²) in [7, 11) is 3.20. The van der Waals surface area contributed by atoms with Crippen LogP contribution in [0.25, 0.3) is 6.08 Å². The maximum Gasteiger partial charge on any atom is 0.271 e. The van der Waals surface area contributed by atoms with Gasteiger partial charge < -0.3 is 14.4 Å². The number of aromatic nitrogens is 1. The molecule has 3 aromatic rings. The molecule has 29 heavy (non-hydrogen) atoms. The van der Waals surface area contributed by atoms with Crippen molar-refractivity contribution in [1.82, 2.24) is 4.57 Å². The molecule has 2 heterocycles. The van der Waals surface area contributed by atoms with Crippen molar-refractivity contribution in [2.24, 2.45) is 4.99 Å². The number of benzene rings is 2. The van der Waals surface area contributed by atoms with E-state index < -0.39 is 0 Å². The maximum absolute atomic E-state index is 13.0. The molecule has 0 unspecified atom stereocenters. The van der Waals surface area contributed by atoms with Crippen molar-refractivity contribution in [2.75, 3.05) is 25.8 Å². The highest BCUT2D eigenvalue weighted by Gasteiger charge is 2.16. The fourth-order valence-corrected chi connectivity index (χ4v) is 4.46. The van der Waals surface area contributed by atoms with Crippen LogP contribution < -0.4 is 29.3 Å². The zero-order chi connectivity index (χ0) is 20.5. The predicted molar refractivity (Wildman–Crippen MR) is 116 cm³/mol. The molecule has 0 atom stereocenters. The Balaban J connectivity index is 1.70. The molecule has 0 aliphatic carbocycles. The van der Waals surface area contributed by atoms with Gasteiger partial charge in [-0.1, -0.05) is 23.5 Å². The van der Waals surface area contributed by atoms with Crippen molar-refractivity contribution in [3.63, 3.8) is 0 Å². The third kappa shape index (κ3) is 3.78. The molecule has 0 spiro atoms. The first-order valence-electron chi connectivity index (χ1n) is 9.29. The summed E-state index contributed by atoms with van der Waals surface area (Å²) >= 11 is 1.41. The summed E-state index contributed by atoms with van der Waals surface area (Å²) in [5.74, 6) is 1.29. The van der Waals surface area contributed by atoms with Crippen LogP contribution in [0, 0.1) is 13.8 Å². The van der Waals surface area contributed by atoms with Gasteiger partial charge in [-0.2, -0.15) is 0 Å². The van der Waals surface area contributed by atoms with Crippen molar-refractivity contribution in [1.29, 1.82) is 0 Å². The summed E-state index contributed by atoms with van der Waals surface area (Å²) < 4.78 is 13.0. The molecule has 0 saturated heterocycles. The number of fused-ring (bicyclic) bond motifs is 1. The van der Waals surface area contributed by atoms with Crippen molar-refractivity contribution < 1.29 is 9.47 Å². The lowest BCUT2D eigenvalue weighted by atomic mass is 10.1. The van der Waals surface area contributed by atoms with E-state index in [0.717, 1.165) is 16.1 Å². The van der Waals surface area contributed by atoms with E-state index in [1.54, 1.807) is 18.8 Å². The van der Waals surface area contributed by atoms with E-state index in [0.29, 0.717) is 29.4 Å². The van der Waals surface area contributed by atoms with E-state index in [1.165, 1.54) is 22.5 Å². The lowest BCUT2D eigenvalue weighted by Gasteiger charge is -2.26. The second-order valence-corrected chi connectivity index (χ2v) is 8.08. The van der Waals surface area contributed by atoms with Gasteiger partial charge in [-0.05, 0) is 60.9 Å². The van der Waals surface area contributed by atoms with Crippen molar-refractivity contribution >= 4 is 23.1 Å². The van der Waals surface area contributed by atoms with E-state index in [4.69, 9.17) is 9.47 Å². The summed E-state index contributed by atoms with van der Waals surface area (Å²) in [6.45, 7) is 5.20. The number of ether oxygens (including phenoxy) is 2. The molecule has 0 N–H and O–H groups in total. The average Bonchev–Trinajstić information content (AvgIpc) is 3.02. The molecule has 7 heteroatoms.